The molecule has 0 saturated heterocycles. The van der Waals surface area contributed by atoms with Gasteiger partial charge in [0.2, 0.25) is 6.43 Å². The zero-order chi connectivity index (χ0) is 10.8. The maximum atomic E-state index is 12.2. The third-order valence-corrected chi connectivity index (χ3v) is 2.32. The first-order valence-electron chi connectivity index (χ1n) is 4.45. The Morgan fingerprint density at radius 3 is 2.79 bits per heavy atom. The molecule has 1 aliphatic rings. The van der Waals surface area contributed by atoms with Crippen molar-refractivity contribution < 1.29 is 18.3 Å². The van der Waals surface area contributed by atoms with Crippen LogP contribution in [0.5, 0.6) is 0 Å². The molecule has 1 saturated carbocycles. The van der Waals surface area contributed by atoms with E-state index in [4.69, 9.17) is 10.00 Å². The molecule has 0 aliphatic heterocycles. The van der Waals surface area contributed by atoms with E-state index in [9.17, 15) is 13.6 Å². The topological polar surface area (TPSA) is 50.1 Å². The molecule has 3 nitrogen and oxygen atoms in total. The molecule has 1 fully saturated rings. The van der Waals surface area contributed by atoms with Crippen molar-refractivity contribution in [2.24, 2.45) is 11.3 Å². The van der Waals surface area contributed by atoms with Gasteiger partial charge in [-0.05, 0) is 12.8 Å². The van der Waals surface area contributed by atoms with Gasteiger partial charge < -0.3 is 4.74 Å². The summed E-state index contributed by atoms with van der Waals surface area (Å²) in [5.74, 6) is -1.94. The van der Waals surface area contributed by atoms with Gasteiger partial charge in [0, 0.05) is 0 Å². The van der Waals surface area contributed by atoms with E-state index in [0.717, 1.165) is 0 Å². The molecule has 5 heteroatoms. The van der Waals surface area contributed by atoms with E-state index < -0.39 is 23.7 Å². The highest BCUT2D eigenvalue weighted by molar-refractivity contribution is 5.84. The van der Waals surface area contributed by atoms with Crippen molar-refractivity contribution in [3.8, 4) is 6.07 Å². The first-order chi connectivity index (χ1) is 6.58. The average Bonchev–Trinajstić information content (AvgIpc) is 2.90. The lowest BCUT2D eigenvalue weighted by Crippen LogP contribution is -2.22. The number of carbonyl (C=O) groups excluding carboxylic acids is 1. The highest BCUT2D eigenvalue weighted by Crippen LogP contribution is 2.56. The standard InChI is InChI=1S/C9H11F2NO2/c1-2-3-14-8(13)9(5-12)4-6(9)7(10)11/h6-7H,2-4H2,1H3/t6-,9-/m0/s1. The lowest BCUT2D eigenvalue weighted by Gasteiger charge is -2.07. The monoisotopic (exact) mass is 203 g/mol. The number of ether oxygens (including phenoxy) is 1. The molecule has 1 rings (SSSR count). The van der Waals surface area contributed by atoms with Crippen LogP contribution in [-0.2, 0) is 9.53 Å². The minimum absolute atomic E-state index is 0.0796. The second kappa shape index (κ2) is 3.91. The number of halogens is 2. The van der Waals surface area contributed by atoms with Crippen LogP contribution in [0.25, 0.3) is 0 Å². The molecule has 2 atom stereocenters. The summed E-state index contributed by atoms with van der Waals surface area (Å²) >= 11 is 0. The number of alkyl halides is 2. The van der Waals surface area contributed by atoms with Gasteiger partial charge in [-0.3, -0.25) is 4.79 Å². The van der Waals surface area contributed by atoms with Gasteiger partial charge >= 0.3 is 5.97 Å². The summed E-state index contributed by atoms with van der Waals surface area (Å²) in [4.78, 5) is 11.3. The Bertz CT molecular complexity index is 274. The Hall–Kier alpha value is -1.18. The molecule has 0 aromatic heterocycles. The van der Waals surface area contributed by atoms with E-state index >= 15 is 0 Å². The number of carbonyl (C=O) groups is 1. The second-order valence-electron chi connectivity index (χ2n) is 3.36. The molecule has 78 valence electrons. The molecule has 0 heterocycles. The highest BCUT2D eigenvalue weighted by atomic mass is 19.3. The lowest BCUT2D eigenvalue weighted by atomic mass is 10.1. The number of nitriles is 1. The normalized spacial score (nSPS) is 29.8. The number of hydrogen-bond donors (Lipinski definition) is 0. The predicted molar refractivity (Wildman–Crippen MR) is 43.4 cm³/mol. The SMILES string of the molecule is CCCOC(=O)[C@]1(C#N)C[C@H]1C(F)F. The molecule has 0 unspecified atom stereocenters. The summed E-state index contributed by atoms with van der Waals surface area (Å²) in [6.45, 7) is 1.97. The van der Waals surface area contributed by atoms with E-state index in [-0.39, 0.29) is 13.0 Å². The Kier molecular flexibility index (Phi) is 3.04. The number of esters is 1. The van der Waals surface area contributed by atoms with Crippen LogP contribution in [0.3, 0.4) is 0 Å². The number of hydrogen-bond acceptors (Lipinski definition) is 3. The maximum Gasteiger partial charge on any atom is 0.327 e. The van der Waals surface area contributed by atoms with Crippen molar-refractivity contribution in [1.29, 1.82) is 5.26 Å². The Morgan fingerprint density at radius 1 is 1.79 bits per heavy atom. The maximum absolute atomic E-state index is 12.2. The van der Waals surface area contributed by atoms with E-state index in [1.807, 2.05) is 0 Å². The van der Waals surface area contributed by atoms with Crippen molar-refractivity contribution in [1.82, 2.24) is 0 Å². The molecule has 14 heavy (non-hydrogen) atoms. The Balaban J connectivity index is 2.58. The summed E-state index contributed by atoms with van der Waals surface area (Å²) in [6.07, 6.45) is -2.08. The molecule has 0 radical (unpaired) electrons. The fourth-order valence-corrected chi connectivity index (χ4v) is 1.32. The third-order valence-electron chi connectivity index (χ3n) is 2.32. The molecule has 0 aromatic carbocycles. The molecule has 0 amide bonds. The van der Waals surface area contributed by atoms with Crippen molar-refractivity contribution in [3.05, 3.63) is 0 Å². The van der Waals surface area contributed by atoms with E-state index in [0.29, 0.717) is 6.42 Å². The zero-order valence-electron chi connectivity index (χ0n) is 7.80. The largest absolute Gasteiger partial charge is 0.465 e. The smallest absolute Gasteiger partial charge is 0.327 e. The van der Waals surface area contributed by atoms with Crippen LogP contribution >= 0.6 is 0 Å². The van der Waals surface area contributed by atoms with Crippen LogP contribution in [0.2, 0.25) is 0 Å². The van der Waals surface area contributed by atoms with Crippen molar-refractivity contribution in [2.75, 3.05) is 6.61 Å². The summed E-state index contributed by atoms with van der Waals surface area (Å²) in [7, 11) is 0. The highest BCUT2D eigenvalue weighted by Gasteiger charge is 2.66. The van der Waals surface area contributed by atoms with Crippen molar-refractivity contribution in [2.45, 2.75) is 26.2 Å². The Morgan fingerprint density at radius 2 is 2.43 bits per heavy atom. The molecule has 0 spiro atoms. The fourth-order valence-electron chi connectivity index (χ4n) is 1.32. The summed E-state index contributed by atoms with van der Waals surface area (Å²) in [5.41, 5.74) is -1.57. The molecule has 1 aliphatic carbocycles. The lowest BCUT2D eigenvalue weighted by molar-refractivity contribution is -0.149. The minimum atomic E-state index is -2.62. The van der Waals surface area contributed by atoms with E-state index in [1.165, 1.54) is 0 Å². The molecule has 0 aromatic rings. The first-order valence-corrected chi connectivity index (χ1v) is 4.45. The number of nitrogens with zero attached hydrogens (tertiary/aromatic N) is 1. The number of rotatable bonds is 4. The minimum Gasteiger partial charge on any atom is -0.465 e. The fraction of sp³-hybridized carbons (Fsp3) is 0.778. The van der Waals surface area contributed by atoms with E-state index in [1.54, 1.807) is 13.0 Å². The van der Waals surface area contributed by atoms with Gasteiger partial charge in [-0.2, -0.15) is 5.26 Å². The van der Waals surface area contributed by atoms with Crippen LogP contribution in [0.4, 0.5) is 8.78 Å². The molecular formula is C9H11F2NO2. The quantitative estimate of drug-likeness (QED) is 0.654. The van der Waals surface area contributed by atoms with Gasteiger partial charge in [0.1, 0.15) is 0 Å². The van der Waals surface area contributed by atoms with Crippen molar-refractivity contribution >= 4 is 5.97 Å². The van der Waals surface area contributed by atoms with Gasteiger partial charge in [-0.1, -0.05) is 6.92 Å². The first kappa shape index (κ1) is 10.9. The van der Waals surface area contributed by atoms with Gasteiger partial charge in [-0.15, -0.1) is 0 Å². The van der Waals surface area contributed by atoms with Gasteiger partial charge in [-0.25, -0.2) is 8.78 Å². The zero-order valence-corrected chi connectivity index (χ0v) is 7.80. The van der Waals surface area contributed by atoms with Crippen LogP contribution in [0.1, 0.15) is 19.8 Å². The third kappa shape index (κ3) is 1.69. The molecule has 0 N–H and O–H groups in total. The van der Waals surface area contributed by atoms with Gasteiger partial charge in [0.05, 0.1) is 18.6 Å². The summed E-state index contributed by atoms with van der Waals surface area (Å²) < 4.78 is 29.1. The average molecular weight is 203 g/mol. The predicted octanol–water partition coefficient (Wildman–Crippen LogP) is 1.73. The van der Waals surface area contributed by atoms with Crippen LogP contribution in [-0.4, -0.2) is 19.0 Å². The molecular weight excluding hydrogens is 192 g/mol. The summed E-state index contributed by atoms with van der Waals surface area (Å²) in [5, 5.41) is 8.66. The second-order valence-corrected chi connectivity index (χ2v) is 3.36. The van der Waals surface area contributed by atoms with Gasteiger partial charge in [0.25, 0.3) is 0 Å². The molecule has 0 bridgehead atoms. The van der Waals surface area contributed by atoms with Crippen LogP contribution in [0, 0.1) is 22.7 Å². The van der Waals surface area contributed by atoms with E-state index in [2.05, 4.69) is 0 Å². The Labute approximate surface area is 80.7 Å². The van der Waals surface area contributed by atoms with Crippen LogP contribution < -0.4 is 0 Å². The van der Waals surface area contributed by atoms with Crippen LogP contribution in [0.15, 0.2) is 0 Å². The van der Waals surface area contributed by atoms with Gasteiger partial charge in [0.15, 0.2) is 5.41 Å². The summed E-state index contributed by atoms with van der Waals surface area (Å²) in [6, 6.07) is 1.64. The van der Waals surface area contributed by atoms with Crippen molar-refractivity contribution in [3.63, 3.8) is 0 Å².